The number of rotatable bonds is 1. The smallest absolute Gasteiger partial charge is 0.248 e. The molecular formula is C19H27N2O2Y+. The van der Waals surface area contributed by atoms with E-state index < -0.39 is 5.60 Å². The number of benzene rings is 1. The molecule has 3 aliphatic rings. The number of quaternary nitrogens is 1. The fourth-order valence-electron chi connectivity index (χ4n) is 5.80. The van der Waals surface area contributed by atoms with Gasteiger partial charge in [0, 0.05) is 56.5 Å². The Bertz CT molecular complexity index is 690. The fourth-order valence-corrected chi connectivity index (χ4v) is 5.80. The average Bonchev–Trinajstić information content (AvgIpc) is 2.50. The summed E-state index contributed by atoms with van der Waals surface area (Å²) in [7, 11) is 4.51. The van der Waals surface area contributed by atoms with Gasteiger partial charge in [-0.1, -0.05) is 18.9 Å². The van der Waals surface area contributed by atoms with Crippen molar-refractivity contribution in [2.45, 2.75) is 55.6 Å². The number of nitrogens with zero attached hydrogens (tertiary/aromatic N) is 1. The summed E-state index contributed by atoms with van der Waals surface area (Å²) in [5, 5.41) is 11.8. The quantitative estimate of drug-likeness (QED) is 0.701. The number of hydrogen-bond acceptors (Lipinski definition) is 2. The third-order valence-corrected chi connectivity index (χ3v) is 7.07. The van der Waals surface area contributed by atoms with E-state index >= 15 is 0 Å². The predicted molar refractivity (Wildman–Crippen MR) is 89.1 cm³/mol. The van der Waals surface area contributed by atoms with Crippen LogP contribution in [-0.2, 0) is 44.5 Å². The number of likely N-dealkylation sites (tertiary alicyclic amines) is 1. The molecule has 0 unspecified atom stereocenters. The number of primary amides is 1. The van der Waals surface area contributed by atoms with E-state index in [0.29, 0.717) is 5.56 Å². The van der Waals surface area contributed by atoms with Crippen LogP contribution in [-0.4, -0.2) is 47.8 Å². The molecule has 1 aromatic rings. The van der Waals surface area contributed by atoms with Crippen LogP contribution in [0.15, 0.2) is 18.2 Å². The first-order valence-electron chi connectivity index (χ1n) is 8.78. The normalized spacial score (nSPS) is 36.0. The molecule has 2 fully saturated rings. The van der Waals surface area contributed by atoms with Gasteiger partial charge >= 0.3 is 0 Å². The molecule has 0 aromatic heterocycles. The molecule has 24 heavy (non-hydrogen) atoms. The Balaban J connectivity index is 0.00000169. The number of hydrogen-bond donors (Lipinski definition) is 2. The summed E-state index contributed by atoms with van der Waals surface area (Å²) in [6, 6.07) is 6.14. The van der Waals surface area contributed by atoms with Crippen LogP contribution in [0.5, 0.6) is 0 Å². The van der Waals surface area contributed by atoms with Crippen LogP contribution < -0.4 is 5.73 Å². The maximum atomic E-state index is 11.8. The standard InChI is InChI=1S/C19H26N2O2.Y/c1-21(2)10-9-18-7-3-4-8-19(18,23)16(21)12-13-5-6-14(17(20)22)11-15(13)18;/h5-6,11,16,23H,3-4,7-10,12H2,1-2H3,(H-,20,22);/p+1/t16-,18+,19-;/m1./s1. The summed E-state index contributed by atoms with van der Waals surface area (Å²) < 4.78 is 0.884. The van der Waals surface area contributed by atoms with Crippen molar-refractivity contribution in [3.8, 4) is 0 Å². The fraction of sp³-hybridized carbons (Fsp3) is 0.632. The first-order chi connectivity index (χ1) is 10.8. The molecule has 1 heterocycles. The van der Waals surface area contributed by atoms with Crippen molar-refractivity contribution < 1.29 is 47.1 Å². The van der Waals surface area contributed by atoms with Crippen LogP contribution >= 0.6 is 0 Å². The largest absolute Gasteiger partial charge is 0.383 e. The van der Waals surface area contributed by atoms with Crippen LogP contribution in [0.2, 0.25) is 0 Å². The molecule has 5 heteroatoms. The molecule has 1 radical (unpaired) electrons. The second-order valence-electron chi connectivity index (χ2n) is 8.42. The zero-order valence-corrected chi connectivity index (χ0v) is 17.6. The summed E-state index contributed by atoms with van der Waals surface area (Å²) in [4.78, 5) is 11.7. The van der Waals surface area contributed by atoms with Crippen LogP contribution in [0, 0.1) is 0 Å². The van der Waals surface area contributed by atoms with Crippen LogP contribution in [0.3, 0.4) is 0 Å². The Hall–Kier alpha value is -0.286. The second-order valence-corrected chi connectivity index (χ2v) is 8.42. The molecule has 4 nitrogen and oxygen atoms in total. The third kappa shape index (κ3) is 2.30. The Morgan fingerprint density at radius 2 is 1.96 bits per heavy atom. The van der Waals surface area contributed by atoms with E-state index in [-0.39, 0.29) is 50.1 Å². The van der Waals surface area contributed by atoms with E-state index in [4.69, 9.17) is 5.73 Å². The monoisotopic (exact) mass is 404 g/mol. The molecule has 3 atom stereocenters. The molecule has 2 bridgehead atoms. The van der Waals surface area contributed by atoms with Crippen LogP contribution in [0.25, 0.3) is 0 Å². The van der Waals surface area contributed by atoms with E-state index in [1.165, 1.54) is 11.1 Å². The van der Waals surface area contributed by atoms with Crippen molar-refractivity contribution in [1.29, 1.82) is 0 Å². The topological polar surface area (TPSA) is 63.3 Å². The molecule has 3 N–H and O–H groups in total. The van der Waals surface area contributed by atoms with Gasteiger partial charge in [0.05, 0.1) is 20.6 Å². The summed E-state index contributed by atoms with van der Waals surface area (Å²) >= 11 is 0. The van der Waals surface area contributed by atoms with Crippen molar-refractivity contribution in [2.24, 2.45) is 5.73 Å². The maximum Gasteiger partial charge on any atom is 0.248 e. The van der Waals surface area contributed by atoms with Gasteiger partial charge in [0.15, 0.2) is 0 Å². The average molecular weight is 404 g/mol. The second kappa shape index (κ2) is 5.87. The zero-order valence-electron chi connectivity index (χ0n) is 14.7. The number of carbonyl (C=O) groups is 1. The van der Waals surface area contributed by atoms with Crippen molar-refractivity contribution in [3.05, 3.63) is 34.9 Å². The Labute approximate surface area is 169 Å². The molecule has 127 valence electrons. The van der Waals surface area contributed by atoms with Crippen molar-refractivity contribution in [1.82, 2.24) is 0 Å². The van der Waals surface area contributed by atoms with Gasteiger partial charge in [-0.3, -0.25) is 4.79 Å². The summed E-state index contributed by atoms with van der Waals surface area (Å²) in [5.41, 5.74) is 7.74. The first kappa shape index (κ1) is 18.5. The SMILES string of the molecule is C[N+]1(C)CC[C@]23CCCC[C@@]2(O)[C@H]1Cc1ccc(C(N)=O)cc13.[Y]. The van der Waals surface area contributed by atoms with Gasteiger partial charge in [-0.25, -0.2) is 0 Å². The van der Waals surface area contributed by atoms with Gasteiger partial charge in [-0.2, -0.15) is 0 Å². The number of likely N-dealkylation sites (N-methyl/N-ethyl adjacent to an activating group) is 1. The van der Waals surface area contributed by atoms with Gasteiger partial charge in [-0.05, 0) is 36.1 Å². The van der Waals surface area contributed by atoms with Crippen LogP contribution in [0.4, 0.5) is 0 Å². The molecular weight excluding hydrogens is 377 g/mol. The van der Waals surface area contributed by atoms with Gasteiger partial charge in [0.1, 0.15) is 11.6 Å². The number of carbonyl (C=O) groups excluding carboxylic acids is 1. The summed E-state index contributed by atoms with van der Waals surface area (Å²) in [5.74, 6) is -0.377. The van der Waals surface area contributed by atoms with E-state index in [1.54, 1.807) is 0 Å². The number of piperidine rings is 1. The first-order valence-corrected chi connectivity index (χ1v) is 8.78. The van der Waals surface area contributed by atoms with E-state index in [2.05, 4.69) is 20.2 Å². The maximum absolute atomic E-state index is 11.8. The number of fused-ring (bicyclic) bond motifs is 1. The van der Waals surface area contributed by atoms with Gasteiger partial charge in [-0.15, -0.1) is 0 Å². The molecule has 4 rings (SSSR count). The Kier molecular flexibility index (Phi) is 4.53. The van der Waals surface area contributed by atoms with Crippen molar-refractivity contribution in [2.75, 3.05) is 20.6 Å². The van der Waals surface area contributed by atoms with Crippen molar-refractivity contribution >= 4 is 5.91 Å². The predicted octanol–water partition coefficient (Wildman–Crippen LogP) is 1.73. The number of nitrogens with two attached hydrogens (primary N) is 1. The van der Waals surface area contributed by atoms with E-state index in [1.807, 2.05) is 12.1 Å². The molecule has 2 aliphatic carbocycles. The molecule has 1 saturated carbocycles. The Morgan fingerprint density at radius 1 is 1.25 bits per heavy atom. The minimum Gasteiger partial charge on any atom is -0.383 e. The van der Waals surface area contributed by atoms with Gasteiger partial charge in [0.2, 0.25) is 5.91 Å². The molecule has 0 spiro atoms. The van der Waals surface area contributed by atoms with E-state index in [9.17, 15) is 9.90 Å². The van der Waals surface area contributed by atoms with Gasteiger partial charge in [0.25, 0.3) is 0 Å². The molecule has 1 aliphatic heterocycles. The molecule has 1 aromatic carbocycles. The third-order valence-electron chi connectivity index (χ3n) is 7.07. The number of amides is 1. The van der Waals surface area contributed by atoms with Crippen molar-refractivity contribution in [3.63, 3.8) is 0 Å². The summed E-state index contributed by atoms with van der Waals surface area (Å²) in [6.07, 6.45) is 6.03. The minimum atomic E-state index is -0.656. The Morgan fingerprint density at radius 3 is 2.67 bits per heavy atom. The molecule has 1 amide bonds. The van der Waals surface area contributed by atoms with E-state index in [0.717, 1.165) is 49.6 Å². The summed E-state index contributed by atoms with van der Waals surface area (Å²) in [6.45, 7) is 1.08. The zero-order chi connectivity index (χ0) is 16.5. The minimum absolute atomic E-state index is 0. The number of aliphatic hydroxyl groups is 1. The van der Waals surface area contributed by atoms with Gasteiger partial charge < -0.3 is 15.3 Å². The van der Waals surface area contributed by atoms with Crippen LogP contribution in [0.1, 0.15) is 53.6 Å². The molecule has 1 saturated heterocycles.